The molecule has 0 saturated carbocycles. The molecule has 0 radical (unpaired) electrons. The van der Waals surface area contributed by atoms with Crippen LogP contribution >= 0.6 is 0 Å². The topological polar surface area (TPSA) is 105 Å². The molecule has 1 aromatic rings. The van der Waals surface area contributed by atoms with Crippen molar-refractivity contribution in [3.05, 3.63) is 35.9 Å². The minimum absolute atomic E-state index is 0.0108. The smallest absolute Gasteiger partial charge is 0.407 e. The fourth-order valence-electron chi connectivity index (χ4n) is 4.36. The van der Waals surface area contributed by atoms with Crippen LogP contribution in [0.25, 0.3) is 0 Å². The average Bonchev–Trinajstić information content (AvgIpc) is 2.73. The van der Waals surface area contributed by atoms with Gasteiger partial charge in [-0.3, -0.25) is 4.79 Å². The van der Waals surface area contributed by atoms with Crippen LogP contribution in [0, 0.1) is 0 Å². The van der Waals surface area contributed by atoms with E-state index >= 15 is 0 Å². The van der Waals surface area contributed by atoms with Gasteiger partial charge in [0.1, 0.15) is 11.6 Å². The van der Waals surface area contributed by atoms with Crippen molar-refractivity contribution in [3.8, 4) is 0 Å². The Kier molecular flexibility index (Phi) is 7.61. The zero-order valence-electron chi connectivity index (χ0n) is 19.7. The molecular formula is C24H33N3O6. The SMILES string of the molecule is CCOC(=O)[C@@H](Cc1ccccc1)N1C(=O)C[C@H]2[C@H](NC(=O)OC(C)(C)C)CCCN2C1=O. The molecule has 2 fully saturated rings. The molecule has 0 aromatic heterocycles. The van der Waals surface area contributed by atoms with Crippen LogP contribution in [0.1, 0.15) is 52.5 Å². The number of alkyl carbamates (subject to hydrolysis) is 1. The third-order valence-electron chi connectivity index (χ3n) is 5.73. The van der Waals surface area contributed by atoms with E-state index in [2.05, 4.69) is 5.32 Å². The van der Waals surface area contributed by atoms with E-state index < -0.39 is 47.7 Å². The normalized spacial score (nSPS) is 21.8. The third-order valence-corrected chi connectivity index (χ3v) is 5.73. The standard InChI is InChI=1S/C24H33N3O6/c1-5-32-21(29)19(14-16-10-7-6-8-11-16)27-20(28)15-18-17(12-9-13-26(18)23(27)31)25-22(30)33-24(2,3)4/h6-8,10-11,17-19H,5,9,12-15H2,1-4H3,(H,25,30)/t17-,18+,19-/m1/s1. The van der Waals surface area contributed by atoms with Gasteiger partial charge in [-0.05, 0) is 46.1 Å². The van der Waals surface area contributed by atoms with Crippen LogP contribution in [-0.4, -0.2) is 70.7 Å². The molecule has 3 atom stereocenters. The molecule has 3 rings (SSSR count). The number of hydrogen-bond acceptors (Lipinski definition) is 6. The van der Waals surface area contributed by atoms with Gasteiger partial charge in [-0.2, -0.15) is 0 Å². The average molecular weight is 460 g/mol. The number of benzene rings is 1. The highest BCUT2D eigenvalue weighted by Crippen LogP contribution is 2.29. The third kappa shape index (κ3) is 6.03. The maximum atomic E-state index is 13.4. The van der Waals surface area contributed by atoms with Crippen LogP contribution in [-0.2, 0) is 25.5 Å². The number of esters is 1. The molecule has 9 heteroatoms. The van der Waals surface area contributed by atoms with Crippen LogP contribution in [0.4, 0.5) is 9.59 Å². The Morgan fingerprint density at radius 1 is 1.18 bits per heavy atom. The van der Waals surface area contributed by atoms with E-state index in [1.54, 1.807) is 32.6 Å². The quantitative estimate of drug-likeness (QED) is 0.656. The minimum Gasteiger partial charge on any atom is -0.464 e. The summed E-state index contributed by atoms with van der Waals surface area (Å²) in [5, 5.41) is 2.83. The summed E-state index contributed by atoms with van der Waals surface area (Å²) >= 11 is 0. The highest BCUT2D eigenvalue weighted by atomic mass is 16.6. The molecule has 2 aliphatic rings. The molecule has 4 amide bonds. The van der Waals surface area contributed by atoms with Crippen molar-refractivity contribution in [3.63, 3.8) is 0 Å². The fraction of sp³-hybridized carbons (Fsp3) is 0.583. The van der Waals surface area contributed by atoms with Crippen LogP contribution in [0.3, 0.4) is 0 Å². The van der Waals surface area contributed by atoms with Gasteiger partial charge >= 0.3 is 18.1 Å². The highest BCUT2D eigenvalue weighted by Gasteiger charge is 2.48. The van der Waals surface area contributed by atoms with Gasteiger partial charge in [0, 0.05) is 19.4 Å². The Bertz CT molecular complexity index is 882. The number of ether oxygens (including phenoxy) is 2. The van der Waals surface area contributed by atoms with Crippen molar-refractivity contribution in [2.45, 2.75) is 77.1 Å². The summed E-state index contributed by atoms with van der Waals surface area (Å²) in [6, 6.07) is 6.76. The van der Waals surface area contributed by atoms with E-state index in [0.717, 1.165) is 10.5 Å². The highest BCUT2D eigenvalue weighted by molar-refractivity contribution is 6.01. The molecule has 180 valence electrons. The zero-order chi connectivity index (χ0) is 24.2. The Labute approximate surface area is 194 Å². The second-order valence-electron chi connectivity index (χ2n) is 9.36. The van der Waals surface area contributed by atoms with Crippen LogP contribution < -0.4 is 5.32 Å². The molecule has 1 aromatic carbocycles. The monoisotopic (exact) mass is 459 g/mol. The van der Waals surface area contributed by atoms with E-state index in [1.807, 2.05) is 30.3 Å². The number of carbonyl (C=O) groups is 4. The maximum absolute atomic E-state index is 13.4. The minimum atomic E-state index is -1.05. The van der Waals surface area contributed by atoms with E-state index in [4.69, 9.17) is 9.47 Å². The van der Waals surface area contributed by atoms with E-state index in [9.17, 15) is 19.2 Å². The molecule has 33 heavy (non-hydrogen) atoms. The van der Waals surface area contributed by atoms with Crippen molar-refractivity contribution in [2.75, 3.05) is 13.2 Å². The lowest BCUT2D eigenvalue weighted by atomic mass is 9.91. The summed E-state index contributed by atoms with van der Waals surface area (Å²) in [6.45, 7) is 7.59. The predicted molar refractivity (Wildman–Crippen MR) is 120 cm³/mol. The fourth-order valence-corrected chi connectivity index (χ4v) is 4.36. The zero-order valence-corrected chi connectivity index (χ0v) is 19.7. The molecule has 2 aliphatic heterocycles. The molecular weight excluding hydrogens is 426 g/mol. The van der Waals surface area contributed by atoms with Crippen molar-refractivity contribution in [2.24, 2.45) is 0 Å². The molecule has 9 nitrogen and oxygen atoms in total. The van der Waals surface area contributed by atoms with Gasteiger partial charge in [0.2, 0.25) is 5.91 Å². The van der Waals surface area contributed by atoms with Crippen molar-refractivity contribution >= 4 is 24.0 Å². The van der Waals surface area contributed by atoms with Crippen molar-refractivity contribution < 1.29 is 28.7 Å². The lowest BCUT2D eigenvalue weighted by Gasteiger charge is -2.47. The Morgan fingerprint density at radius 2 is 1.88 bits per heavy atom. The number of carbonyl (C=O) groups excluding carboxylic acids is 4. The number of imide groups is 1. The van der Waals surface area contributed by atoms with E-state index in [0.29, 0.717) is 19.4 Å². The lowest BCUT2D eigenvalue weighted by Crippen LogP contribution is -2.67. The molecule has 2 heterocycles. The summed E-state index contributed by atoms with van der Waals surface area (Å²) in [5.74, 6) is -1.06. The van der Waals surface area contributed by atoms with E-state index in [-0.39, 0.29) is 19.4 Å². The van der Waals surface area contributed by atoms with Crippen molar-refractivity contribution in [1.82, 2.24) is 15.1 Å². The Hall–Kier alpha value is -3.10. The first-order chi connectivity index (χ1) is 15.6. The first kappa shape index (κ1) is 24.5. The summed E-state index contributed by atoms with van der Waals surface area (Å²) in [7, 11) is 0. The van der Waals surface area contributed by atoms with Crippen LogP contribution in [0.5, 0.6) is 0 Å². The first-order valence-corrected chi connectivity index (χ1v) is 11.4. The van der Waals surface area contributed by atoms with Gasteiger partial charge in [0.25, 0.3) is 0 Å². The molecule has 0 aliphatic carbocycles. The number of amides is 4. The molecule has 1 N–H and O–H groups in total. The second-order valence-corrected chi connectivity index (χ2v) is 9.36. The molecule has 0 unspecified atom stereocenters. The van der Waals surface area contributed by atoms with Crippen LogP contribution in [0.15, 0.2) is 30.3 Å². The lowest BCUT2D eigenvalue weighted by molar-refractivity contribution is -0.155. The molecule has 0 bridgehead atoms. The largest absolute Gasteiger partial charge is 0.464 e. The van der Waals surface area contributed by atoms with Gasteiger partial charge in [0.15, 0.2) is 0 Å². The van der Waals surface area contributed by atoms with Crippen LogP contribution in [0.2, 0.25) is 0 Å². The van der Waals surface area contributed by atoms with Gasteiger partial charge in [-0.1, -0.05) is 30.3 Å². The number of rotatable bonds is 6. The second kappa shape index (κ2) is 10.2. The number of urea groups is 1. The van der Waals surface area contributed by atoms with Gasteiger partial charge in [-0.15, -0.1) is 0 Å². The number of fused-ring (bicyclic) bond motifs is 1. The maximum Gasteiger partial charge on any atom is 0.407 e. The number of piperidine rings is 1. The van der Waals surface area contributed by atoms with Gasteiger partial charge < -0.3 is 19.7 Å². The molecule has 2 saturated heterocycles. The number of nitrogens with one attached hydrogen (secondary N) is 1. The number of hydrogen-bond donors (Lipinski definition) is 1. The van der Waals surface area contributed by atoms with E-state index in [1.165, 1.54) is 0 Å². The summed E-state index contributed by atoms with van der Waals surface area (Å²) in [4.78, 5) is 54.4. The molecule has 0 spiro atoms. The number of nitrogens with zero attached hydrogens (tertiary/aromatic N) is 2. The summed E-state index contributed by atoms with van der Waals surface area (Å²) in [5.41, 5.74) is 0.166. The van der Waals surface area contributed by atoms with Gasteiger partial charge in [-0.25, -0.2) is 19.3 Å². The summed E-state index contributed by atoms with van der Waals surface area (Å²) in [6.07, 6.45) is 0.900. The Balaban J connectivity index is 1.80. The Morgan fingerprint density at radius 3 is 2.52 bits per heavy atom. The predicted octanol–water partition coefficient (Wildman–Crippen LogP) is 2.87. The van der Waals surface area contributed by atoms with Crippen molar-refractivity contribution in [1.29, 1.82) is 0 Å². The summed E-state index contributed by atoms with van der Waals surface area (Å²) < 4.78 is 10.6. The first-order valence-electron chi connectivity index (χ1n) is 11.4. The van der Waals surface area contributed by atoms with Gasteiger partial charge in [0.05, 0.1) is 18.7 Å².